The van der Waals surface area contributed by atoms with Crippen LogP contribution in [0, 0.1) is 11.8 Å². The molecule has 92 valence electrons. The largest absolute Gasteiger partial charge is 0.464 e. The minimum Gasteiger partial charge on any atom is -0.464 e. The lowest BCUT2D eigenvalue weighted by Crippen LogP contribution is -2.25. The zero-order valence-electron chi connectivity index (χ0n) is 9.81. The molecule has 4 nitrogen and oxygen atoms in total. The number of thiazole rings is 1. The van der Waals surface area contributed by atoms with Gasteiger partial charge in [-0.1, -0.05) is 6.42 Å². The topological polar surface area (TPSA) is 51.2 Å². The lowest BCUT2D eigenvalue weighted by Gasteiger charge is -2.22. The predicted octanol–water partition coefficient (Wildman–Crippen LogP) is 2.53. The maximum Gasteiger partial charge on any atom is 0.357 e. The van der Waals surface area contributed by atoms with Gasteiger partial charge in [0.2, 0.25) is 0 Å². The van der Waals surface area contributed by atoms with Gasteiger partial charge >= 0.3 is 5.97 Å². The second kappa shape index (κ2) is 4.29. The molecule has 2 aliphatic carbocycles. The van der Waals surface area contributed by atoms with Crippen molar-refractivity contribution >= 4 is 22.4 Å². The summed E-state index contributed by atoms with van der Waals surface area (Å²) in [5.41, 5.74) is 0.406. The van der Waals surface area contributed by atoms with Crippen LogP contribution in [0.3, 0.4) is 0 Å². The molecule has 3 atom stereocenters. The van der Waals surface area contributed by atoms with E-state index in [1.807, 2.05) is 0 Å². The molecule has 0 spiro atoms. The van der Waals surface area contributed by atoms with Gasteiger partial charge in [0.15, 0.2) is 10.8 Å². The van der Waals surface area contributed by atoms with Crippen molar-refractivity contribution in [3.8, 4) is 0 Å². The molecule has 1 heterocycles. The van der Waals surface area contributed by atoms with E-state index in [2.05, 4.69) is 15.0 Å². The Hall–Kier alpha value is -1.10. The Morgan fingerprint density at radius 2 is 2.41 bits per heavy atom. The maximum absolute atomic E-state index is 11.3. The highest BCUT2D eigenvalue weighted by Crippen LogP contribution is 2.45. The first-order valence-electron chi connectivity index (χ1n) is 6.06. The third kappa shape index (κ3) is 2.04. The Labute approximate surface area is 104 Å². The number of anilines is 1. The Balaban J connectivity index is 1.65. The summed E-state index contributed by atoms with van der Waals surface area (Å²) in [7, 11) is 1.38. The molecule has 3 unspecified atom stereocenters. The second-order valence-corrected chi connectivity index (χ2v) is 5.81. The highest BCUT2D eigenvalue weighted by molar-refractivity contribution is 7.13. The van der Waals surface area contributed by atoms with Crippen LogP contribution in [-0.2, 0) is 4.74 Å². The molecule has 0 radical (unpaired) electrons. The fourth-order valence-electron chi connectivity index (χ4n) is 3.12. The lowest BCUT2D eigenvalue weighted by atomic mass is 9.96. The standard InChI is InChI=1S/C12H16N2O2S/c1-16-11(15)10-6-17-12(14-10)13-9-5-7-2-3-8(9)4-7/h6-9H,2-5H2,1H3,(H,13,14). The van der Waals surface area contributed by atoms with Gasteiger partial charge in [-0.05, 0) is 31.1 Å². The number of methoxy groups -OCH3 is 1. The monoisotopic (exact) mass is 252 g/mol. The normalized spacial score (nSPS) is 30.5. The van der Waals surface area contributed by atoms with Gasteiger partial charge in [-0.25, -0.2) is 9.78 Å². The van der Waals surface area contributed by atoms with E-state index in [1.54, 1.807) is 5.38 Å². The molecule has 17 heavy (non-hydrogen) atoms. The van der Waals surface area contributed by atoms with Gasteiger partial charge in [0.25, 0.3) is 0 Å². The van der Waals surface area contributed by atoms with E-state index in [1.165, 1.54) is 44.1 Å². The summed E-state index contributed by atoms with van der Waals surface area (Å²) < 4.78 is 4.65. The number of rotatable bonds is 3. The third-order valence-corrected chi connectivity index (χ3v) is 4.72. The molecule has 2 aliphatic rings. The van der Waals surface area contributed by atoms with Crippen LogP contribution < -0.4 is 5.32 Å². The Morgan fingerprint density at radius 3 is 3.06 bits per heavy atom. The molecular weight excluding hydrogens is 236 g/mol. The maximum atomic E-state index is 11.3. The minimum absolute atomic E-state index is 0.359. The summed E-state index contributed by atoms with van der Waals surface area (Å²) in [5.74, 6) is 1.37. The van der Waals surface area contributed by atoms with Crippen LogP contribution in [0.15, 0.2) is 5.38 Å². The van der Waals surface area contributed by atoms with Gasteiger partial charge in [0.05, 0.1) is 7.11 Å². The Bertz CT molecular complexity index is 432. The number of esters is 1. The first-order valence-corrected chi connectivity index (χ1v) is 6.94. The molecule has 5 heteroatoms. The molecule has 2 saturated carbocycles. The van der Waals surface area contributed by atoms with Crippen molar-refractivity contribution in [1.29, 1.82) is 0 Å². The zero-order chi connectivity index (χ0) is 11.8. The summed E-state index contributed by atoms with van der Waals surface area (Å²) in [4.78, 5) is 15.5. The van der Waals surface area contributed by atoms with Crippen LogP contribution in [0.25, 0.3) is 0 Å². The van der Waals surface area contributed by atoms with E-state index in [-0.39, 0.29) is 5.97 Å². The van der Waals surface area contributed by atoms with E-state index in [4.69, 9.17) is 0 Å². The van der Waals surface area contributed by atoms with Gasteiger partial charge in [-0.15, -0.1) is 11.3 Å². The van der Waals surface area contributed by atoms with Crippen molar-refractivity contribution in [2.24, 2.45) is 11.8 Å². The van der Waals surface area contributed by atoms with Crippen molar-refractivity contribution in [2.75, 3.05) is 12.4 Å². The third-order valence-electron chi connectivity index (χ3n) is 3.95. The first-order chi connectivity index (χ1) is 8.26. The molecule has 1 aromatic heterocycles. The molecule has 0 aromatic carbocycles. The van der Waals surface area contributed by atoms with Gasteiger partial charge in [-0.3, -0.25) is 0 Å². The number of hydrogen-bond donors (Lipinski definition) is 1. The molecule has 0 saturated heterocycles. The van der Waals surface area contributed by atoms with Crippen LogP contribution in [0.2, 0.25) is 0 Å². The van der Waals surface area contributed by atoms with Gasteiger partial charge in [0.1, 0.15) is 0 Å². The van der Waals surface area contributed by atoms with Crippen LogP contribution in [0.4, 0.5) is 5.13 Å². The summed E-state index contributed by atoms with van der Waals surface area (Å²) >= 11 is 1.48. The van der Waals surface area contributed by atoms with Crippen LogP contribution in [-0.4, -0.2) is 24.1 Å². The number of ether oxygens (including phenoxy) is 1. The van der Waals surface area contributed by atoms with Crippen LogP contribution in [0.1, 0.15) is 36.2 Å². The van der Waals surface area contributed by atoms with E-state index in [9.17, 15) is 4.79 Å². The van der Waals surface area contributed by atoms with Crippen molar-refractivity contribution in [3.63, 3.8) is 0 Å². The number of nitrogens with zero attached hydrogens (tertiary/aromatic N) is 1. The Morgan fingerprint density at radius 1 is 1.53 bits per heavy atom. The van der Waals surface area contributed by atoms with Crippen LogP contribution >= 0.6 is 11.3 Å². The average Bonchev–Trinajstić information content (AvgIpc) is 3.03. The van der Waals surface area contributed by atoms with E-state index in [0.29, 0.717) is 11.7 Å². The molecule has 2 fully saturated rings. The van der Waals surface area contributed by atoms with Crippen molar-refractivity contribution in [2.45, 2.75) is 31.7 Å². The Kier molecular flexibility index (Phi) is 2.78. The van der Waals surface area contributed by atoms with Gasteiger partial charge in [-0.2, -0.15) is 0 Å². The van der Waals surface area contributed by atoms with Gasteiger partial charge in [0, 0.05) is 11.4 Å². The summed E-state index contributed by atoms with van der Waals surface area (Å²) in [5, 5.41) is 6.07. The predicted molar refractivity (Wildman–Crippen MR) is 66.3 cm³/mol. The fraction of sp³-hybridized carbons (Fsp3) is 0.667. The molecule has 3 rings (SSSR count). The number of fused-ring (bicyclic) bond motifs is 2. The minimum atomic E-state index is -0.359. The first kappa shape index (κ1) is 11.0. The van der Waals surface area contributed by atoms with E-state index >= 15 is 0 Å². The molecule has 0 aliphatic heterocycles. The van der Waals surface area contributed by atoms with Crippen molar-refractivity contribution < 1.29 is 9.53 Å². The van der Waals surface area contributed by atoms with Crippen LogP contribution in [0.5, 0.6) is 0 Å². The fourth-order valence-corrected chi connectivity index (χ4v) is 3.86. The molecule has 2 bridgehead atoms. The number of carbonyl (C=O) groups is 1. The summed E-state index contributed by atoms with van der Waals surface area (Å²) in [6.45, 7) is 0. The number of nitrogens with one attached hydrogen (secondary N) is 1. The summed E-state index contributed by atoms with van der Waals surface area (Å²) in [6.07, 6.45) is 5.37. The highest BCUT2D eigenvalue weighted by Gasteiger charge is 2.39. The quantitative estimate of drug-likeness (QED) is 0.840. The van der Waals surface area contributed by atoms with Gasteiger partial charge < -0.3 is 10.1 Å². The molecule has 1 N–H and O–H groups in total. The zero-order valence-corrected chi connectivity index (χ0v) is 10.6. The SMILES string of the molecule is COC(=O)c1csc(NC2CC3CCC2C3)n1. The molecular formula is C12H16N2O2S. The molecule has 0 amide bonds. The lowest BCUT2D eigenvalue weighted by molar-refractivity contribution is 0.0595. The summed E-state index contributed by atoms with van der Waals surface area (Å²) in [6, 6.07) is 0.561. The number of aromatic nitrogens is 1. The number of hydrogen-bond acceptors (Lipinski definition) is 5. The molecule has 1 aromatic rings. The van der Waals surface area contributed by atoms with E-state index < -0.39 is 0 Å². The smallest absolute Gasteiger partial charge is 0.357 e. The highest BCUT2D eigenvalue weighted by atomic mass is 32.1. The van der Waals surface area contributed by atoms with Crippen molar-refractivity contribution in [1.82, 2.24) is 4.98 Å². The van der Waals surface area contributed by atoms with E-state index in [0.717, 1.165) is 17.0 Å². The number of carbonyl (C=O) groups excluding carboxylic acids is 1. The average molecular weight is 252 g/mol. The second-order valence-electron chi connectivity index (χ2n) is 4.96. The van der Waals surface area contributed by atoms with Crippen molar-refractivity contribution in [3.05, 3.63) is 11.1 Å².